The number of benzene rings is 1. The van der Waals surface area contributed by atoms with Gasteiger partial charge in [0.1, 0.15) is 0 Å². The van der Waals surface area contributed by atoms with Crippen molar-refractivity contribution in [2.75, 3.05) is 26.3 Å². The third kappa shape index (κ3) is 2.00. The van der Waals surface area contributed by atoms with Crippen LogP contribution in [0.25, 0.3) is 11.3 Å². The number of β-amino-alcohol motifs (C(OH)–C–C–N with tert-alkyl or cyclic N) is 1. The number of nitrogens with zero attached hydrogens (tertiary/aromatic N) is 3. The van der Waals surface area contributed by atoms with Gasteiger partial charge in [0, 0.05) is 18.0 Å². The SMILES string of the molecule is O[C@@H]1CN(C2COC2)CC[C@H]1[C@H]1c2ccccc2-c2cncn21. The van der Waals surface area contributed by atoms with E-state index in [9.17, 15) is 5.11 Å². The van der Waals surface area contributed by atoms with Crippen LogP contribution in [0.15, 0.2) is 36.8 Å². The van der Waals surface area contributed by atoms with E-state index in [1.807, 2.05) is 12.5 Å². The largest absolute Gasteiger partial charge is 0.391 e. The summed E-state index contributed by atoms with van der Waals surface area (Å²) in [4.78, 5) is 6.72. The number of aromatic nitrogens is 2. The summed E-state index contributed by atoms with van der Waals surface area (Å²) in [7, 11) is 0. The molecule has 0 unspecified atom stereocenters. The van der Waals surface area contributed by atoms with E-state index in [0.29, 0.717) is 6.04 Å². The van der Waals surface area contributed by atoms with Crippen LogP contribution in [0.5, 0.6) is 0 Å². The molecule has 3 aliphatic heterocycles. The molecule has 0 spiro atoms. The summed E-state index contributed by atoms with van der Waals surface area (Å²) >= 11 is 0. The first kappa shape index (κ1) is 13.7. The van der Waals surface area contributed by atoms with E-state index in [4.69, 9.17) is 4.74 Å². The molecule has 0 aliphatic carbocycles. The van der Waals surface area contributed by atoms with Gasteiger partial charge in [-0.2, -0.15) is 0 Å². The van der Waals surface area contributed by atoms with E-state index in [2.05, 4.69) is 38.7 Å². The Bertz CT molecular complexity index is 725. The Kier molecular flexibility index (Phi) is 3.08. The van der Waals surface area contributed by atoms with E-state index in [-0.39, 0.29) is 18.1 Å². The summed E-state index contributed by atoms with van der Waals surface area (Å²) in [5.41, 5.74) is 3.76. The van der Waals surface area contributed by atoms with Crippen LogP contribution in [-0.2, 0) is 4.74 Å². The topological polar surface area (TPSA) is 50.5 Å². The number of rotatable bonds is 2. The molecule has 120 valence electrons. The lowest BCUT2D eigenvalue weighted by molar-refractivity contribution is -0.0986. The molecule has 4 heterocycles. The molecule has 2 fully saturated rings. The van der Waals surface area contributed by atoms with Crippen molar-refractivity contribution in [2.24, 2.45) is 5.92 Å². The summed E-state index contributed by atoms with van der Waals surface area (Å²) in [6.45, 7) is 3.42. The number of piperidine rings is 1. The fraction of sp³-hybridized carbons (Fsp3) is 0.500. The molecule has 2 saturated heterocycles. The highest BCUT2D eigenvalue weighted by atomic mass is 16.5. The maximum atomic E-state index is 10.8. The first-order valence-corrected chi connectivity index (χ1v) is 8.44. The molecule has 2 aromatic rings. The Hall–Kier alpha value is -1.69. The number of aliphatic hydroxyl groups excluding tert-OH is 1. The summed E-state index contributed by atoms with van der Waals surface area (Å²) in [5, 5.41) is 10.8. The highest BCUT2D eigenvalue weighted by molar-refractivity contribution is 5.69. The Labute approximate surface area is 135 Å². The third-order valence-electron chi connectivity index (χ3n) is 5.73. The molecule has 5 heteroatoms. The first-order valence-electron chi connectivity index (χ1n) is 8.44. The van der Waals surface area contributed by atoms with Crippen LogP contribution in [0, 0.1) is 5.92 Å². The van der Waals surface area contributed by atoms with Gasteiger partial charge >= 0.3 is 0 Å². The van der Waals surface area contributed by atoms with Gasteiger partial charge in [-0.3, -0.25) is 4.90 Å². The molecule has 0 amide bonds. The molecule has 5 rings (SSSR count). The number of imidazole rings is 1. The Morgan fingerprint density at radius 3 is 2.87 bits per heavy atom. The van der Waals surface area contributed by atoms with Crippen LogP contribution in [0.4, 0.5) is 0 Å². The fourth-order valence-corrected chi connectivity index (χ4v) is 4.42. The minimum atomic E-state index is -0.309. The van der Waals surface area contributed by atoms with E-state index < -0.39 is 0 Å². The number of fused-ring (bicyclic) bond motifs is 3. The Morgan fingerprint density at radius 1 is 1.22 bits per heavy atom. The number of hydrogen-bond donors (Lipinski definition) is 1. The molecule has 1 aromatic heterocycles. The lowest BCUT2D eigenvalue weighted by Crippen LogP contribution is -2.56. The second-order valence-electron chi connectivity index (χ2n) is 6.92. The predicted octanol–water partition coefficient (Wildman–Crippen LogP) is 1.53. The van der Waals surface area contributed by atoms with E-state index in [0.717, 1.165) is 32.7 Å². The van der Waals surface area contributed by atoms with Crippen molar-refractivity contribution in [1.82, 2.24) is 14.5 Å². The van der Waals surface area contributed by atoms with Gasteiger partial charge in [-0.1, -0.05) is 24.3 Å². The van der Waals surface area contributed by atoms with E-state index in [1.165, 1.54) is 16.8 Å². The Balaban J connectivity index is 1.46. The van der Waals surface area contributed by atoms with Crippen LogP contribution in [0.2, 0.25) is 0 Å². The zero-order chi connectivity index (χ0) is 15.4. The number of ether oxygens (including phenoxy) is 1. The van der Waals surface area contributed by atoms with Crippen LogP contribution in [0.3, 0.4) is 0 Å². The standard InChI is InChI=1S/C18H21N3O2/c22-17-8-20(12-9-23-10-12)6-5-15(17)18-14-4-2-1-3-13(14)16-7-19-11-21(16)18/h1-4,7,11-12,15,17-18,22H,5-6,8-10H2/t15-,17-,18-/m1/s1. The van der Waals surface area contributed by atoms with Gasteiger partial charge in [0.25, 0.3) is 0 Å². The molecule has 1 aromatic carbocycles. The van der Waals surface area contributed by atoms with E-state index in [1.54, 1.807) is 0 Å². The summed E-state index contributed by atoms with van der Waals surface area (Å²) in [6, 6.07) is 9.25. The van der Waals surface area contributed by atoms with Gasteiger partial charge in [0.2, 0.25) is 0 Å². The van der Waals surface area contributed by atoms with Gasteiger partial charge in [0.15, 0.2) is 0 Å². The summed E-state index contributed by atoms with van der Waals surface area (Å²) in [5.74, 6) is 0.240. The number of likely N-dealkylation sites (tertiary alicyclic amines) is 1. The third-order valence-corrected chi connectivity index (χ3v) is 5.73. The molecular formula is C18H21N3O2. The van der Waals surface area contributed by atoms with Crippen molar-refractivity contribution in [2.45, 2.75) is 24.6 Å². The minimum absolute atomic E-state index is 0.207. The lowest BCUT2D eigenvalue weighted by atomic mass is 9.83. The maximum absolute atomic E-state index is 10.8. The molecule has 1 N–H and O–H groups in total. The van der Waals surface area contributed by atoms with Crippen molar-refractivity contribution in [3.63, 3.8) is 0 Å². The van der Waals surface area contributed by atoms with Crippen LogP contribution in [-0.4, -0.2) is 58.0 Å². The van der Waals surface area contributed by atoms with Crippen molar-refractivity contribution >= 4 is 0 Å². The Morgan fingerprint density at radius 2 is 2.09 bits per heavy atom. The molecular weight excluding hydrogens is 290 g/mol. The van der Waals surface area contributed by atoms with Crippen molar-refractivity contribution in [1.29, 1.82) is 0 Å². The molecule has 0 saturated carbocycles. The van der Waals surface area contributed by atoms with Gasteiger partial charge in [0.05, 0.1) is 49.6 Å². The van der Waals surface area contributed by atoms with E-state index >= 15 is 0 Å². The monoisotopic (exact) mass is 311 g/mol. The minimum Gasteiger partial charge on any atom is -0.391 e. The smallest absolute Gasteiger partial charge is 0.0956 e. The van der Waals surface area contributed by atoms with Gasteiger partial charge < -0.3 is 14.4 Å². The van der Waals surface area contributed by atoms with Gasteiger partial charge in [-0.05, 0) is 18.5 Å². The zero-order valence-corrected chi connectivity index (χ0v) is 13.0. The molecule has 0 bridgehead atoms. The number of hydrogen-bond acceptors (Lipinski definition) is 4. The molecule has 3 atom stereocenters. The van der Waals surface area contributed by atoms with Crippen molar-refractivity contribution in [3.05, 3.63) is 42.4 Å². The summed E-state index contributed by atoms with van der Waals surface area (Å²) < 4.78 is 7.55. The fourth-order valence-electron chi connectivity index (χ4n) is 4.42. The molecule has 3 aliphatic rings. The van der Waals surface area contributed by atoms with Gasteiger partial charge in [-0.25, -0.2) is 4.98 Å². The van der Waals surface area contributed by atoms with Crippen LogP contribution in [0.1, 0.15) is 18.0 Å². The average Bonchev–Trinajstić information content (AvgIpc) is 3.07. The predicted molar refractivity (Wildman–Crippen MR) is 86.1 cm³/mol. The lowest BCUT2D eigenvalue weighted by Gasteiger charge is -2.45. The van der Waals surface area contributed by atoms with Crippen LogP contribution < -0.4 is 0 Å². The second kappa shape index (κ2) is 5.16. The molecule has 5 nitrogen and oxygen atoms in total. The quantitative estimate of drug-likeness (QED) is 0.914. The molecule has 23 heavy (non-hydrogen) atoms. The highest BCUT2D eigenvalue weighted by Gasteiger charge is 2.42. The maximum Gasteiger partial charge on any atom is 0.0956 e. The number of aliphatic hydroxyl groups is 1. The van der Waals surface area contributed by atoms with Crippen molar-refractivity contribution < 1.29 is 9.84 Å². The van der Waals surface area contributed by atoms with Crippen molar-refractivity contribution in [3.8, 4) is 11.3 Å². The highest BCUT2D eigenvalue weighted by Crippen LogP contribution is 2.45. The average molecular weight is 311 g/mol. The van der Waals surface area contributed by atoms with Crippen LogP contribution >= 0.6 is 0 Å². The van der Waals surface area contributed by atoms with Gasteiger partial charge in [-0.15, -0.1) is 0 Å². The summed E-state index contributed by atoms with van der Waals surface area (Å²) in [6.07, 6.45) is 4.55. The second-order valence-corrected chi connectivity index (χ2v) is 6.92. The molecule has 0 radical (unpaired) electrons. The zero-order valence-electron chi connectivity index (χ0n) is 13.0. The normalized spacial score (nSPS) is 30.7. The first-order chi connectivity index (χ1) is 11.3.